The van der Waals surface area contributed by atoms with Gasteiger partial charge in [0.1, 0.15) is 12.4 Å². The van der Waals surface area contributed by atoms with Gasteiger partial charge < -0.3 is 14.6 Å². The summed E-state index contributed by atoms with van der Waals surface area (Å²) in [5, 5.41) is 12.2. The lowest BCUT2D eigenvalue weighted by Gasteiger charge is -2.11. The summed E-state index contributed by atoms with van der Waals surface area (Å²) in [5.74, 6) is 1.76. The Morgan fingerprint density at radius 2 is 1.83 bits per heavy atom. The van der Waals surface area contributed by atoms with Crippen LogP contribution in [0.5, 0.6) is 5.75 Å². The molecule has 0 unspecified atom stereocenters. The Kier molecular flexibility index (Phi) is 7.15. The lowest BCUT2D eigenvalue weighted by Crippen LogP contribution is -2.15. The van der Waals surface area contributed by atoms with Crippen LogP contribution in [0.2, 0.25) is 0 Å². The maximum absolute atomic E-state index is 12.4. The molecule has 0 aliphatic heterocycles. The van der Waals surface area contributed by atoms with Crippen molar-refractivity contribution in [3.05, 3.63) is 64.5 Å². The Morgan fingerprint density at radius 1 is 1.03 bits per heavy atom. The summed E-state index contributed by atoms with van der Waals surface area (Å²) in [4.78, 5) is 12.4. The van der Waals surface area contributed by atoms with E-state index in [9.17, 15) is 4.79 Å². The molecule has 0 radical (unpaired) electrons. The molecule has 1 N–H and O–H groups in total. The average molecular weight is 425 g/mol. The van der Waals surface area contributed by atoms with Crippen LogP contribution in [0.3, 0.4) is 0 Å². The van der Waals surface area contributed by atoms with Gasteiger partial charge in [-0.25, -0.2) is 0 Å². The van der Waals surface area contributed by atoms with Gasteiger partial charge in [-0.1, -0.05) is 35.5 Å². The molecule has 1 amide bonds. The molecule has 0 fully saturated rings. The molecule has 2 aromatic carbocycles. The molecule has 0 atom stereocenters. The summed E-state index contributed by atoms with van der Waals surface area (Å²) < 4.78 is 7.88. The first kappa shape index (κ1) is 21.9. The van der Waals surface area contributed by atoms with Crippen molar-refractivity contribution in [2.75, 3.05) is 11.1 Å². The topological polar surface area (TPSA) is 69.0 Å². The van der Waals surface area contributed by atoms with Crippen LogP contribution in [0.15, 0.2) is 41.6 Å². The highest BCUT2D eigenvalue weighted by molar-refractivity contribution is 7.99. The number of nitrogens with one attached hydrogen (secondary N) is 1. The fraction of sp³-hybridized carbons (Fsp3) is 0.348. The molecule has 158 valence electrons. The molecule has 30 heavy (non-hydrogen) atoms. The summed E-state index contributed by atoms with van der Waals surface area (Å²) in [6.45, 7) is 11.2. The Bertz CT molecular complexity index is 1050. The van der Waals surface area contributed by atoms with Gasteiger partial charge in [0.15, 0.2) is 11.0 Å². The minimum Gasteiger partial charge on any atom is -0.486 e. The van der Waals surface area contributed by atoms with Crippen molar-refractivity contribution in [1.29, 1.82) is 0 Å². The van der Waals surface area contributed by atoms with Gasteiger partial charge in [0.25, 0.3) is 0 Å². The van der Waals surface area contributed by atoms with Crippen molar-refractivity contribution in [2.45, 2.75) is 52.9 Å². The van der Waals surface area contributed by atoms with E-state index >= 15 is 0 Å². The van der Waals surface area contributed by atoms with Gasteiger partial charge in [0, 0.05) is 12.2 Å². The molecule has 0 aliphatic rings. The van der Waals surface area contributed by atoms with Crippen molar-refractivity contribution in [2.24, 2.45) is 0 Å². The Hall–Kier alpha value is -2.80. The van der Waals surface area contributed by atoms with Crippen LogP contribution >= 0.6 is 11.8 Å². The molecule has 3 aromatic rings. The normalized spacial score (nSPS) is 10.8. The highest BCUT2D eigenvalue weighted by Crippen LogP contribution is 2.21. The molecule has 0 saturated heterocycles. The molecule has 1 heterocycles. The maximum atomic E-state index is 12.4. The molecule has 0 saturated carbocycles. The van der Waals surface area contributed by atoms with E-state index in [0.29, 0.717) is 18.3 Å². The first-order chi connectivity index (χ1) is 14.4. The fourth-order valence-corrected chi connectivity index (χ4v) is 3.89. The number of ether oxygens (including phenoxy) is 1. The van der Waals surface area contributed by atoms with E-state index in [4.69, 9.17) is 4.74 Å². The Balaban J connectivity index is 1.59. The first-order valence-electron chi connectivity index (χ1n) is 9.99. The van der Waals surface area contributed by atoms with Gasteiger partial charge in [-0.3, -0.25) is 4.79 Å². The van der Waals surface area contributed by atoms with Crippen molar-refractivity contribution in [3.63, 3.8) is 0 Å². The van der Waals surface area contributed by atoms with Gasteiger partial charge in [0.05, 0.1) is 5.75 Å². The molecular formula is C23H28N4O2S. The summed E-state index contributed by atoms with van der Waals surface area (Å²) in [7, 11) is 0. The smallest absolute Gasteiger partial charge is 0.234 e. The number of benzene rings is 2. The number of rotatable bonds is 8. The van der Waals surface area contributed by atoms with Crippen LogP contribution in [-0.4, -0.2) is 26.4 Å². The van der Waals surface area contributed by atoms with E-state index in [0.717, 1.165) is 22.8 Å². The standard InChI is InChI=1S/C23H28N4O2S/c1-6-27-21(13-29-19-9-8-16(3)17(4)12-19)25-26-23(27)30-14-22(28)24-20-10-7-15(2)11-18(20)5/h7-12H,6,13-14H2,1-5H3,(H,24,28). The summed E-state index contributed by atoms with van der Waals surface area (Å²) in [5.41, 5.74) is 5.49. The number of thioether (sulfide) groups is 1. The molecular weight excluding hydrogens is 396 g/mol. The minimum atomic E-state index is -0.0643. The predicted octanol–water partition coefficient (Wildman–Crippen LogP) is 4.84. The monoisotopic (exact) mass is 424 g/mol. The number of hydrogen-bond donors (Lipinski definition) is 1. The van der Waals surface area contributed by atoms with E-state index in [1.54, 1.807) is 0 Å². The van der Waals surface area contributed by atoms with E-state index < -0.39 is 0 Å². The summed E-state index contributed by atoms with van der Waals surface area (Å²) >= 11 is 1.38. The van der Waals surface area contributed by atoms with E-state index in [-0.39, 0.29) is 11.7 Å². The largest absolute Gasteiger partial charge is 0.486 e. The molecule has 3 rings (SSSR count). The number of amides is 1. The highest BCUT2D eigenvalue weighted by Gasteiger charge is 2.14. The van der Waals surface area contributed by atoms with Crippen LogP contribution in [0.1, 0.15) is 35.0 Å². The zero-order chi connectivity index (χ0) is 21.7. The van der Waals surface area contributed by atoms with Crippen molar-refractivity contribution < 1.29 is 9.53 Å². The predicted molar refractivity (Wildman–Crippen MR) is 121 cm³/mol. The van der Waals surface area contributed by atoms with Gasteiger partial charge in [-0.15, -0.1) is 10.2 Å². The third-order valence-electron chi connectivity index (χ3n) is 4.94. The SMILES string of the molecule is CCn1c(COc2ccc(C)c(C)c2)nnc1SCC(=O)Nc1ccc(C)cc1C. The molecule has 0 aliphatic carbocycles. The van der Waals surface area contributed by atoms with Crippen LogP contribution in [0.25, 0.3) is 0 Å². The van der Waals surface area contributed by atoms with Crippen molar-refractivity contribution in [1.82, 2.24) is 14.8 Å². The second-order valence-corrected chi connectivity index (χ2v) is 8.28. The van der Waals surface area contributed by atoms with E-state index in [2.05, 4.69) is 35.4 Å². The molecule has 1 aromatic heterocycles. The lowest BCUT2D eigenvalue weighted by molar-refractivity contribution is -0.113. The third-order valence-corrected chi connectivity index (χ3v) is 5.91. The molecule has 6 nitrogen and oxygen atoms in total. The van der Waals surface area contributed by atoms with Crippen LogP contribution < -0.4 is 10.1 Å². The quantitative estimate of drug-likeness (QED) is 0.524. The van der Waals surface area contributed by atoms with Crippen LogP contribution in [0.4, 0.5) is 5.69 Å². The number of hydrogen-bond acceptors (Lipinski definition) is 5. The van der Waals surface area contributed by atoms with E-state index in [1.165, 1.54) is 28.5 Å². The zero-order valence-corrected chi connectivity index (χ0v) is 19.0. The number of carbonyl (C=O) groups excluding carboxylic acids is 1. The van der Waals surface area contributed by atoms with Crippen LogP contribution in [0, 0.1) is 27.7 Å². The van der Waals surface area contributed by atoms with Gasteiger partial charge in [-0.2, -0.15) is 0 Å². The number of anilines is 1. The molecule has 0 bridgehead atoms. The fourth-order valence-electron chi connectivity index (χ4n) is 3.07. The zero-order valence-electron chi connectivity index (χ0n) is 18.2. The number of carbonyl (C=O) groups is 1. The highest BCUT2D eigenvalue weighted by atomic mass is 32.2. The molecule has 0 spiro atoms. The average Bonchev–Trinajstić information content (AvgIpc) is 3.11. The number of aryl methyl sites for hydroxylation is 4. The second-order valence-electron chi connectivity index (χ2n) is 7.33. The van der Waals surface area contributed by atoms with Crippen LogP contribution in [-0.2, 0) is 17.9 Å². The van der Waals surface area contributed by atoms with Gasteiger partial charge in [0.2, 0.25) is 5.91 Å². The van der Waals surface area contributed by atoms with Gasteiger partial charge >= 0.3 is 0 Å². The number of aromatic nitrogens is 3. The van der Waals surface area contributed by atoms with Crippen molar-refractivity contribution >= 4 is 23.4 Å². The number of nitrogens with zero attached hydrogens (tertiary/aromatic N) is 3. The van der Waals surface area contributed by atoms with Crippen molar-refractivity contribution in [3.8, 4) is 5.75 Å². The van der Waals surface area contributed by atoms with Gasteiger partial charge in [-0.05, 0) is 69.5 Å². The Morgan fingerprint density at radius 3 is 2.53 bits per heavy atom. The lowest BCUT2D eigenvalue weighted by atomic mass is 10.1. The minimum absolute atomic E-state index is 0.0643. The third kappa shape index (κ3) is 5.42. The maximum Gasteiger partial charge on any atom is 0.234 e. The first-order valence-corrected chi connectivity index (χ1v) is 11.0. The Labute approximate surface area is 182 Å². The van der Waals surface area contributed by atoms with E-state index in [1.807, 2.05) is 55.7 Å². The summed E-state index contributed by atoms with van der Waals surface area (Å²) in [6.07, 6.45) is 0. The second kappa shape index (κ2) is 9.80. The summed E-state index contributed by atoms with van der Waals surface area (Å²) in [6, 6.07) is 12.0. The molecule has 7 heteroatoms.